The summed E-state index contributed by atoms with van der Waals surface area (Å²) in [6.07, 6.45) is 0. The molecule has 0 fully saturated rings. The minimum Gasteiger partial charge on any atom is -0.310 e. The molecule has 56 heavy (non-hydrogen) atoms. The molecule has 0 atom stereocenters. The molecule has 0 bridgehead atoms. The minimum atomic E-state index is 1.10. The molecule has 0 N–H and O–H groups in total. The van der Waals surface area contributed by atoms with Crippen LogP contribution in [0.2, 0.25) is 0 Å². The Morgan fingerprint density at radius 2 is 0.696 bits per heavy atom. The van der Waals surface area contributed by atoms with Gasteiger partial charge in [-0.15, -0.1) is 0 Å². The zero-order valence-electron chi connectivity index (χ0n) is 30.7. The number of aromatic nitrogens is 1. The highest BCUT2D eigenvalue weighted by atomic mass is 15.1. The van der Waals surface area contributed by atoms with Crippen LogP contribution in [0, 0.1) is 0 Å². The maximum absolute atomic E-state index is 2.38. The van der Waals surface area contributed by atoms with Gasteiger partial charge in [-0.05, 0) is 115 Å². The summed E-state index contributed by atoms with van der Waals surface area (Å²) in [6, 6.07) is 79.4. The maximum atomic E-state index is 2.38. The standard InChI is InChI=1S/C54H36N2/c1-2-15-38(16-3-1)53-47-20-6-8-22-49(47)54(50-23-9-7-21-48(50)53)39-27-29-41(30-28-39)55(44-31-26-37-14-4-5-17-40(37)36-44)42-32-34-43(35-33-42)56-51-24-12-10-18-45(51)46-19-11-13-25-52(46)56/h1-36H. The van der Waals surface area contributed by atoms with Crippen LogP contribution in [0.1, 0.15) is 0 Å². The Bertz CT molecular complexity index is 3120. The first-order chi connectivity index (χ1) is 27.8. The lowest BCUT2D eigenvalue weighted by Gasteiger charge is -2.26. The van der Waals surface area contributed by atoms with Crippen molar-refractivity contribution in [2.45, 2.75) is 0 Å². The molecule has 262 valence electrons. The molecule has 0 amide bonds. The van der Waals surface area contributed by atoms with E-state index >= 15 is 0 Å². The van der Waals surface area contributed by atoms with Gasteiger partial charge in [0.2, 0.25) is 0 Å². The van der Waals surface area contributed by atoms with Gasteiger partial charge in [-0.3, -0.25) is 0 Å². The number of nitrogens with zero attached hydrogens (tertiary/aromatic N) is 2. The van der Waals surface area contributed by atoms with Crippen molar-refractivity contribution in [3.63, 3.8) is 0 Å². The Morgan fingerprint density at radius 3 is 1.25 bits per heavy atom. The molecule has 0 aliphatic heterocycles. The largest absolute Gasteiger partial charge is 0.310 e. The van der Waals surface area contributed by atoms with Crippen molar-refractivity contribution in [1.29, 1.82) is 0 Å². The van der Waals surface area contributed by atoms with Gasteiger partial charge in [-0.25, -0.2) is 0 Å². The molecule has 0 unspecified atom stereocenters. The van der Waals surface area contributed by atoms with Crippen LogP contribution >= 0.6 is 0 Å². The van der Waals surface area contributed by atoms with Gasteiger partial charge in [0.15, 0.2) is 0 Å². The number of anilines is 3. The fourth-order valence-electron chi connectivity index (χ4n) is 8.85. The van der Waals surface area contributed by atoms with Gasteiger partial charge in [-0.2, -0.15) is 0 Å². The average molecular weight is 713 g/mol. The quantitative estimate of drug-likeness (QED) is 0.156. The van der Waals surface area contributed by atoms with Gasteiger partial charge < -0.3 is 9.47 Å². The van der Waals surface area contributed by atoms with E-state index in [9.17, 15) is 0 Å². The highest BCUT2D eigenvalue weighted by molar-refractivity contribution is 6.21. The summed E-state index contributed by atoms with van der Waals surface area (Å²) in [5, 5.41) is 10.0. The molecule has 0 spiro atoms. The lowest BCUT2D eigenvalue weighted by molar-refractivity contribution is 1.17. The van der Waals surface area contributed by atoms with Crippen molar-refractivity contribution >= 4 is 71.2 Å². The van der Waals surface area contributed by atoms with Crippen LogP contribution < -0.4 is 4.90 Å². The fourth-order valence-corrected chi connectivity index (χ4v) is 8.85. The van der Waals surface area contributed by atoms with Gasteiger partial charge in [0.05, 0.1) is 11.0 Å². The first kappa shape index (κ1) is 32.0. The summed E-state index contributed by atoms with van der Waals surface area (Å²) in [7, 11) is 0. The van der Waals surface area contributed by atoms with E-state index in [0.29, 0.717) is 0 Å². The smallest absolute Gasteiger partial charge is 0.0541 e. The van der Waals surface area contributed by atoms with E-state index in [1.165, 1.54) is 76.4 Å². The summed E-state index contributed by atoms with van der Waals surface area (Å²) in [6.45, 7) is 0. The number of fused-ring (bicyclic) bond motifs is 6. The lowest BCUT2D eigenvalue weighted by Crippen LogP contribution is -2.10. The molecule has 0 saturated carbocycles. The Morgan fingerprint density at radius 1 is 0.286 bits per heavy atom. The van der Waals surface area contributed by atoms with Crippen LogP contribution in [0.5, 0.6) is 0 Å². The van der Waals surface area contributed by atoms with Gasteiger partial charge in [0.1, 0.15) is 0 Å². The van der Waals surface area contributed by atoms with E-state index in [2.05, 4.69) is 228 Å². The van der Waals surface area contributed by atoms with Crippen LogP contribution in [0.4, 0.5) is 17.1 Å². The van der Waals surface area contributed by atoms with E-state index in [4.69, 9.17) is 0 Å². The molecule has 11 rings (SSSR count). The third-order valence-electron chi connectivity index (χ3n) is 11.3. The predicted molar refractivity (Wildman–Crippen MR) is 239 cm³/mol. The summed E-state index contributed by atoms with van der Waals surface area (Å²) in [5.74, 6) is 0. The number of benzene rings is 10. The molecular weight excluding hydrogens is 677 g/mol. The normalized spacial score (nSPS) is 11.6. The Hall–Kier alpha value is -7.42. The van der Waals surface area contributed by atoms with Crippen LogP contribution in [0.3, 0.4) is 0 Å². The summed E-state index contributed by atoms with van der Waals surface area (Å²) in [5.41, 5.74) is 11.8. The van der Waals surface area contributed by atoms with Crippen LogP contribution in [-0.2, 0) is 0 Å². The molecule has 10 aromatic carbocycles. The van der Waals surface area contributed by atoms with Crippen LogP contribution in [0.15, 0.2) is 218 Å². The Kier molecular flexibility index (Phi) is 7.53. The first-order valence-corrected chi connectivity index (χ1v) is 19.3. The summed E-state index contributed by atoms with van der Waals surface area (Å²) >= 11 is 0. The third-order valence-corrected chi connectivity index (χ3v) is 11.3. The lowest BCUT2D eigenvalue weighted by atomic mass is 9.86. The second-order valence-corrected chi connectivity index (χ2v) is 14.5. The topological polar surface area (TPSA) is 8.17 Å². The average Bonchev–Trinajstić information content (AvgIpc) is 3.61. The highest BCUT2D eigenvalue weighted by Gasteiger charge is 2.19. The Balaban J connectivity index is 1.06. The van der Waals surface area contributed by atoms with E-state index in [1.807, 2.05) is 0 Å². The van der Waals surface area contributed by atoms with Gasteiger partial charge in [0, 0.05) is 33.5 Å². The van der Waals surface area contributed by atoms with Gasteiger partial charge in [-0.1, -0.05) is 158 Å². The van der Waals surface area contributed by atoms with Crippen molar-refractivity contribution in [2.75, 3.05) is 4.90 Å². The zero-order chi connectivity index (χ0) is 37.0. The molecule has 11 aromatic rings. The van der Waals surface area contributed by atoms with E-state index in [-0.39, 0.29) is 0 Å². The number of para-hydroxylation sites is 2. The van der Waals surface area contributed by atoms with E-state index in [0.717, 1.165) is 22.7 Å². The molecule has 2 heteroatoms. The molecular formula is C54H36N2. The van der Waals surface area contributed by atoms with Crippen LogP contribution in [-0.4, -0.2) is 4.57 Å². The molecule has 1 aromatic heterocycles. The van der Waals surface area contributed by atoms with Crippen molar-refractivity contribution in [3.05, 3.63) is 218 Å². The summed E-state index contributed by atoms with van der Waals surface area (Å²) < 4.78 is 2.38. The molecule has 0 radical (unpaired) electrons. The molecule has 0 aliphatic carbocycles. The fraction of sp³-hybridized carbons (Fsp3) is 0. The van der Waals surface area contributed by atoms with Crippen molar-refractivity contribution in [1.82, 2.24) is 4.57 Å². The second kappa shape index (κ2) is 13.2. The second-order valence-electron chi connectivity index (χ2n) is 14.5. The van der Waals surface area contributed by atoms with Crippen molar-refractivity contribution in [2.24, 2.45) is 0 Å². The van der Waals surface area contributed by atoms with Gasteiger partial charge in [0.25, 0.3) is 0 Å². The van der Waals surface area contributed by atoms with Crippen LogP contribution in [0.25, 0.3) is 82.1 Å². The minimum absolute atomic E-state index is 1.10. The summed E-state index contributed by atoms with van der Waals surface area (Å²) in [4.78, 5) is 2.38. The molecule has 2 nitrogen and oxygen atoms in total. The predicted octanol–water partition coefficient (Wildman–Crippen LogP) is 15.0. The number of hydrogen-bond acceptors (Lipinski definition) is 1. The van der Waals surface area contributed by atoms with Crippen molar-refractivity contribution < 1.29 is 0 Å². The molecule has 1 heterocycles. The maximum Gasteiger partial charge on any atom is 0.0541 e. The van der Waals surface area contributed by atoms with Gasteiger partial charge >= 0.3 is 0 Å². The van der Waals surface area contributed by atoms with E-state index < -0.39 is 0 Å². The highest BCUT2D eigenvalue weighted by Crippen LogP contribution is 2.45. The zero-order valence-corrected chi connectivity index (χ0v) is 30.7. The van der Waals surface area contributed by atoms with E-state index in [1.54, 1.807) is 0 Å². The molecule has 0 aliphatic rings. The SMILES string of the molecule is c1ccc(-c2c3ccccc3c(-c3ccc(N(c4ccc(-n5c6ccccc6c6ccccc65)cc4)c4ccc5ccccc5c4)cc3)c3ccccc23)cc1. The Labute approximate surface area is 325 Å². The number of rotatable bonds is 6. The first-order valence-electron chi connectivity index (χ1n) is 19.3. The third kappa shape index (κ3) is 5.19. The number of hydrogen-bond donors (Lipinski definition) is 0. The monoisotopic (exact) mass is 712 g/mol. The van der Waals surface area contributed by atoms with Crippen molar-refractivity contribution in [3.8, 4) is 27.9 Å². The molecule has 0 saturated heterocycles.